The van der Waals surface area contributed by atoms with Gasteiger partial charge in [0.15, 0.2) is 0 Å². The molecule has 39 heavy (non-hydrogen) atoms. The molecular formula is C31H37ClN6O. The molecule has 1 N–H and O–H groups in total. The largest absolute Gasteiger partial charge is 0.368 e. The molecule has 204 valence electrons. The van der Waals surface area contributed by atoms with E-state index in [-0.39, 0.29) is 11.9 Å². The zero-order valence-corrected chi connectivity index (χ0v) is 23.8. The third-order valence-corrected chi connectivity index (χ3v) is 8.93. The molecule has 2 aromatic heterocycles. The van der Waals surface area contributed by atoms with Crippen LogP contribution in [0.1, 0.15) is 28.7 Å². The van der Waals surface area contributed by atoms with Crippen molar-refractivity contribution in [3.63, 3.8) is 0 Å². The fraction of sp³-hybridized carbons (Fsp3) is 0.387. The molecule has 2 aliphatic rings. The van der Waals surface area contributed by atoms with E-state index in [0.29, 0.717) is 6.54 Å². The van der Waals surface area contributed by atoms with Gasteiger partial charge in [-0.05, 0) is 61.2 Å². The van der Waals surface area contributed by atoms with Gasteiger partial charge >= 0.3 is 0 Å². The van der Waals surface area contributed by atoms with E-state index in [2.05, 4.69) is 74.5 Å². The first kappa shape index (κ1) is 25.8. The van der Waals surface area contributed by atoms with Crippen LogP contribution in [-0.4, -0.2) is 77.1 Å². The minimum Gasteiger partial charge on any atom is -0.368 e. The number of piperazine rings is 2. The maximum atomic E-state index is 13.8. The van der Waals surface area contributed by atoms with E-state index in [1.165, 1.54) is 16.6 Å². The minimum absolute atomic E-state index is 0.127. The molecule has 1 amide bonds. The summed E-state index contributed by atoms with van der Waals surface area (Å²) in [7, 11) is 2.02. The summed E-state index contributed by atoms with van der Waals surface area (Å²) in [6, 6.07) is 19.0. The Labute approximate surface area is 235 Å². The lowest BCUT2D eigenvalue weighted by molar-refractivity contribution is 0.0664. The molecular weight excluding hydrogens is 508 g/mol. The SMILES string of the molecule is Cc1c(CN2CCN(c3ccccc3Cl)CC2)cc(C(=O)N2CCN(c3ccc4cc[nH]c4c3)CC2C)n1C. The number of benzene rings is 2. The second-order valence-corrected chi connectivity index (χ2v) is 11.4. The highest BCUT2D eigenvalue weighted by Crippen LogP contribution is 2.28. The van der Waals surface area contributed by atoms with Crippen LogP contribution in [0, 0.1) is 6.92 Å². The van der Waals surface area contributed by atoms with Crippen molar-refractivity contribution >= 4 is 39.8 Å². The standard InChI is InChI=1S/C31H37ClN6O/c1-22-20-37(26-9-8-24-10-11-33-28(24)19-26)16-17-38(22)31(39)30-18-25(23(2)34(30)3)21-35-12-14-36(15-13-35)29-7-5-4-6-27(29)32/h4-11,18-19,22,33H,12-17,20-21H2,1-3H3. The molecule has 0 spiro atoms. The van der Waals surface area contributed by atoms with E-state index in [9.17, 15) is 4.79 Å². The molecule has 8 heteroatoms. The topological polar surface area (TPSA) is 50.8 Å². The summed E-state index contributed by atoms with van der Waals surface area (Å²) in [6.07, 6.45) is 1.98. The van der Waals surface area contributed by atoms with Crippen LogP contribution in [0.5, 0.6) is 0 Å². The number of para-hydroxylation sites is 1. The van der Waals surface area contributed by atoms with Gasteiger partial charge in [-0.15, -0.1) is 0 Å². The van der Waals surface area contributed by atoms with Crippen molar-refractivity contribution in [3.8, 4) is 0 Å². The van der Waals surface area contributed by atoms with Crippen molar-refractivity contribution in [1.29, 1.82) is 0 Å². The quantitative estimate of drug-likeness (QED) is 0.378. The molecule has 4 aromatic rings. The first-order valence-electron chi connectivity index (χ1n) is 13.9. The van der Waals surface area contributed by atoms with E-state index < -0.39 is 0 Å². The van der Waals surface area contributed by atoms with Gasteiger partial charge in [-0.3, -0.25) is 9.69 Å². The molecule has 2 saturated heterocycles. The summed E-state index contributed by atoms with van der Waals surface area (Å²) < 4.78 is 2.08. The number of carbonyl (C=O) groups is 1. The van der Waals surface area contributed by atoms with E-state index in [4.69, 9.17) is 11.6 Å². The van der Waals surface area contributed by atoms with Gasteiger partial charge in [0.1, 0.15) is 5.69 Å². The van der Waals surface area contributed by atoms with Gasteiger partial charge in [0, 0.05) is 88.5 Å². The molecule has 1 unspecified atom stereocenters. The Bertz CT molecular complexity index is 1480. The molecule has 2 fully saturated rings. The monoisotopic (exact) mass is 544 g/mol. The van der Waals surface area contributed by atoms with Crippen molar-refractivity contribution in [2.45, 2.75) is 26.4 Å². The third-order valence-electron chi connectivity index (χ3n) is 8.61. The van der Waals surface area contributed by atoms with Crippen molar-refractivity contribution in [1.82, 2.24) is 19.4 Å². The van der Waals surface area contributed by atoms with Gasteiger partial charge in [-0.1, -0.05) is 29.8 Å². The van der Waals surface area contributed by atoms with Gasteiger partial charge in [-0.25, -0.2) is 0 Å². The summed E-state index contributed by atoms with van der Waals surface area (Å²) in [6.45, 7) is 11.3. The fourth-order valence-corrected chi connectivity index (χ4v) is 6.35. The second-order valence-electron chi connectivity index (χ2n) is 11.0. The van der Waals surface area contributed by atoms with Crippen LogP contribution in [0.2, 0.25) is 5.02 Å². The van der Waals surface area contributed by atoms with Crippen LogP contribution >= 0.6 is 11.6 Å². The number of hydrogen-bond donors (Lipinski definition) is 1. The fourth-order valence-electron chi connectivity index (χ4n) is 6.10. The van der Waals surface area contributed by atoms with Gasteiger partial charge in [0.05, 0.1) is 10.7 Å². The highest BCUT2D eigenvalue weighted by atomic mass is 35.5. The van der Waals surface area contributed by atoms with E-state index in [1.807, 2.05) is 36.3 Å². The number of hydrogen-bond acceptors (Lipinski definition) is 4. The molecule has 4 heterocycles. The number of carbonyl (C=O) groups excluding carboxylic acids is 1. The van der Waals surface area contributed by atoms with E-state index >= 15 is 0 Å². The lowest BCUT2D eigenvalue weighted by Crippen LogP contribution is -2.54. The summed E-state index contributed by atoms with van der Waals surface area (Å²) in [5, 5.41) is 2.03. The van der Waals surface area contributed by atoms with Gasteiger partial charge < -0.3 is 24.3 Å². The maximum absolute atomic E-state index is 13.8. The maximum Gasteiger partial charge on any atom is 0.270 e. The Hall–Kier alpha value is -3.42. The number of fused-ring (bicyclic) bond motifs is 1. The zero-order chi connectivity index (χ0) is 27.1. The molecule has 0 aliphatic carbocycles. The lowest BCUT2D eigenvalue weighted by Gasteiger charge is -2.41. The number of H-pyrrole nitrogens is 1. The Kier molecular flexibility index (Phi) is 7.04. The van der Waals surface area contributed by atoms with Crippen LogP contribution in [0.3, 0.4) is 0 Å². The molecule has 0 bridgehead atoms. The average Bonchev–Trinajstić information content (AvgIpc) is 3.53. The predicted molar refractivity (Wildman–Crippen MR) is 160 cm³/mol. The van der Waals surface area contributed by atoms with E-state index in [1.54, 1.807) is 0 Å². The average molecular weight is 545 g/mol. The van der Waals surface area contributed by atoms with Crippen LogP contribution < -0.4 is 9.80 Å². The number of amides is 1. The van der Waals surface area contributed by atoms with Crippen LogP contribution in [-0.2, 0) is 13.6 Å². The zero-order valence-electron chi connectivity index (χ0n) is 23.0. The van der Waals surface area contributed by atoms with Gasteiger partial charge in [0.25, 0.3) is 5.91 Å². The van der Waals surface area contributed by atoms with Crippen LogP contribution in [0.15, 0.2) is 60.8 Å². The number of aromatic nitrogens is 2. The van der Waals surface area contributed by atoms with Crippen molar-refractivity contribution in [3.05, 3.63) is 82.8 Å². The van der Waals surface area contributed by atoms with Crippen molar-refractivity contribution in [2.24, 2.45) is 7.05 Å². The lowest BCUT2D eigenvalue weighted by atomic mass is 10.1. The molecule has 1 atom stereocenters. The number of halogens is 1. The molecule has 2 aliphatic heterocycles. The first-order chi connectivity index (χ1) is 18.9. The molecule has 2 aromatic carbocycles. The Morgan fingerprint density at radius 2 is 1.74 bits per heavy atom. The first-order valence-corrected chi connectivity index (χ1v) is 14.3. The smallest absolute Gasteiger partial charge is 0.270 e. The molecule has 7 nitrogen and oxygen atoms in total. The van der Waals surface area contributed by atoms with Gasteiger partial charge in [0.2, 0.25) is 0 Å². The normalized spacial score (nSPS) is 18.8. The summed E-state index contributed by atoms with van der Waals surface area (Å²) in [4.78, 5) is 26.3. The third kappa shape index (κ3) is 5.01. The predicted octanol–water partition coefficient (Wildman–Crippen LogP) is 5.14. The highest BCUT2D eigenvalue weighted by Gasteiger charge is 2.31. The minimum atomic E-state index is 0.127. The Balaban J connectivity index is 1.09. The Morgan fingerprint density at radius 3 is 2.51 bits per heavy atom. The molecule has 0 radical (unpaired) electrons. The number of aromatic amines is 1. The Morgan fingerprint density at radius 1 is 0.974 bits per heavy atom. The molecule has 6 rings (SSSR count). The van der Waals surface area contributed by atoms with Crippen LogP contribution in [0.25, 0.3) is 10.9 Å². The highest BCUT2D eigenvalue weighted by molar-refractivity contribution is 6.33. The van der Waals surface area contributed by atoms with Gasteiger partial charge in [-0.2, -0.15) is 0 Å². The summed E-state index contributed by atoms with van der Waals surface area (Å²) in [5.74, 6) is 0.127. The van der Waals surface area contributed by atoms with Crippen LogP contribution in [0.4, 0.5) is 11.4 Å². The van der Waals surface area contributed by atoms with Crippen molar-refractivity contribution < 1.29 is 4.79 Å². The number of rotatable bonds is 5. The van der Waals surface area contributed by atoms with Crippen molar-refractivity contribution in [2.75, 3.05) is 55.6 Å². The second kappa shape index (κ2) is 10.6. The summed E-state index contributed by atoms with van der Waals surface area (Å²) >= 11 is 6.43. The molecule has 0 saturated carbocycles. The van der Waals surface area contributed by atoms with E-state index in [0.717, 1.165) is 73.4 Å². The number of anilines is 2. The number of nitrogens with zero attached hydrogens (tertiary/aromatic N) is 5. The number of nitrogens with one attached hydrogen (secondary N) is 1. The summed E-state index contributed by atoms with van der Waals surface area (Å²) in [5.41, 5.74) is 6.65.